The van der Waals surface area contributed by atoms with E-state index in [1.807, 2.05) is 6.07 Å². The molecule has 2 heterocycles. The van der Waals surface area contributed by atoms with E-state index in [1.54, 1.807) is 0 Å². The van der Waals surface area contributed by atoms with Gasteiger partial charge in [0, 0.05) is 51.3 Å². The Labute approximate surface area is 157 Å². The van der Waals surface area contributed by atoms with E-state index in [2.05, 4.69) is 10.2 Å². The van der Waals surface area contributed by atoms with Crippen molar-refractivity contribution in [3.63, 3.8) is 0 Å². The fourth-order valence-corrected chi connectivity index (χ4v) is 4.14. The van der Waals surface area contributed by atoms with Crippen LogP contribution in [0.4, 0.5) is 8.78 Å². The normalized spacial score (nSPS) is 18.3. The Kier molecular flexibility index (Phi) is 5.78. The maximum atomic E-state index is 13.1. The monoisotopic (exact) mass is 400 g/mol. The van der Waals surface area contributed by atoms with Crippen LogP contribution in [-0.2, 0) is 16.6 Å². The van der Waals surface area contributed by atoms with Crippen LogP contribution in [0.3, 0.4) is 0 Å². The highest BCUT2D eigenvalue weighted by atomic mass is 32.2. The number of aromatic nitrogens is 2. The van der Waals surface area contributed by atoms with Crippen molar-refractivity contribution in [2.75, 3.05) is 33.8 Å². The first-order valence-electron chi connectivity index (χ1n) is 8.57. The summed E-state index contributed by atoms with van der Waals surface area (Å²) in [7, 11) is -0.378. The van der Waals surface area contributed by atoms with Crippen molar-refractivity contribution >= 4 is 10.2 Å². The van der Waals surface area contributed by atoms with Gasteiger partial charge >= 0.3 is 0 Å². The fraction of sp³-hybridized carbons (Fsp3) is 0.471. The predicted octanol–water partition coefficient (Wildman–Crippen LogP) is 1.91. The molecule has 1 aromatic carbocycles. The fourth-order valence-electron chi connectivity index (χ4n) is 2.97. The number of hydrogen-bond donors (Lipinski definition) is 1. The Morgan fingerprint density at radius 2 is 2.07 bits per heavy atom. The van der Waals surface area contributed by atoms with E-state index >= 15 is 0 Å². The summed E-state index contributed by atoms with van der Waals surface area (Å²) >= 11 is 0. The smallest absolute Gasteiger partial charge is 0.281 e. The predicted molar refractivity (Wildman–Crippen MR) is 95.7 cm³/mol. The van der Waals surface area contributed by atoms with Crippen LogP contribution >= 0.6 is 0 Å². The van der Waals surface area contributed by atoms with Crippen molar-refractivity contribution in [2.45, 2.75) is 18.8 Å². The van der Waals surface area contributed by atoms with Crippen LogP contribution in [0, 0.1) is 11.6 Å². The number of H-pyrrole nitrogens is 1. The SMILES string of the molecule is CN(C)S(=O)(=O)N1CC[C@@H](c2cc(CCOc3ccc(F)c(F)c3)[nH]n2)C1. The minimum Gasteiger partial charge on any atom is -0.493 e. The molecule has 1 aromatic heterocycles. The molecule has 148 valence electrons. The van der Waals surface area contributed by atoms with E-state index in [4.69, 9.17) is 4.74 Å². The van der Waals surface area contributed by atoms with Gasteiger partial charge in [0.25, 0.3) is 10.2 Å². The summed E-state index contributed by atoms with van der Waals surface area (Å²) in [5.74, 6) is -1.57. The summed E-state index contributed by atoms with van der Waals surface area (Å²) in [6.45, 7) is 1.14. The molecule has 0 spiro atoms. The molecule has 1 fully saturated rings. The lowest BCUT2D eigenvalue weighted by atomic mass is 10.0. The van der Waals surface area contributed by atoms with Gasteiger partial charge in [0.15, 0.2) is 11.6 Å². The number of nitrogens with one attached hydrogen (secondary N) is 1. The zero-order valence-electron chi connectivity index (χ0n) is 15.2. The van der Waals surface area contributed by atoms with Gasteiger partial charge in [-0.25, -0.2) is 8.78 Å². The number of ether oxygens (including phenoxy) is 1. The molecule has 3 rings (SSSR count). The van der Waals surface area contributed by atoms with Gasteiger partial charge in [0.05, 0.1) is 12.3 Å². The number of benzene rings is 1. The second-order valence-electron chi connectivity index (χ2n) is 6.63. The van der Waals surface area contributed by atoms with Gasteiger partial charge in [-0.05, 0) is 24.6 Å². The van der Waals surface area contributed by atoms with Crippen LogP contribution < -0.4 is 4.74 Å². The van der Waals surface area contributed by atoms with Crippen molar-refractivity contribution in [3.05, 3.63) is 47.3 Å². The number of hydrogen-bond acceptors (Lipinski definition) is 4. The molecule has 1 N–H and O–H groups in total. The first-order chi connectivity index (χ1) is 12.8. The molecule has 1 atom stereocenters. The molecule has 1 aliphatic heterocycles. The Morgan fingerprint density at radius 1 is 1.30 bits per heavy atom. The van der Waals surface area contributed by atoms with E-state index in [9.17, 15) is 17.2 Å². The second-order valence-corrected chi connectivity index (χ2v) is 8.77. The average Bonchev–Trinajstić information content (AvgIpc) is 3.27. The lowest BCUT2D eigenvalue weighted by Crippen LogP contribution is -2.38. The van der Waals surface area contributed by atoms with E-state index in [0.29, 0.717) is 25.9 Å². The van der Waals surface area contributed by atoms with Gasteiger partial charge in [-0.1, -0.05) is 0 Å². The standard InChI is InChI=1S/C17H22F2N4O3S/c1-22(2)27(24,25)23-7-5-12(11-23)17-9-13(20-21-17)6-8-26-14-3-4-15(18)16(19)10-14/h3-4,9-10,12H,5-8,11H2,1-2H3,(H,20,21)/t12-/m1/s1. The van der Waals surface area contributed by atoms with Crippen LogP contribution in [0.25, 0.3) is 0 Å². The topological polar surface area (TPSA) is 78.5 Å². The zero-order valence-corrected chi connectivity index (χ0v) is 16.0. The molecule has 1 aliphatic rings. The number of aromatic amines is 1. The maximum absolute atomic E-state index is 13.1. The maximum Gasteiger partial charge on any atom is 0.281 e. The van der Waals surface area contributed by atoms with E-state index < -0.39 is 21.8 Å². The van der Waals surface area contributed by atoms with Gasteiger partial charge < -0.3 is 4.74 Å². The van der Waals surface area contributed by atoms with Crippen molar-refractivity contribution in [3.8, 4) is 5.75 Å². The quantitative estimate of drug-likeness (QED) is 0.770. The molecule has 0 unspecified atom stereocenters. The molecule has 10 heteroatoms. The Morgan fingerprint density at radius 3 is 2.78 bits per heavy atom. The summed E-state index contributed by atoms with van der Waals surface area (Å²) in [5.41, 5.74) is 1.65. The molecule has 0 aliphatic carbocycles. The van der Waals surface area contributed by atoms with Gasteiger partial charge in [-0.15, -0.1) is 0 Å². The first kappa shape index (κ1) is 19.7. The molecule has 27 heavy (non-hydrogen) atoms. The molecule has 7 nitrogen and oxygen atoms in total. The first-order valence-corrected chi connectivity index (χ1v) is 9.96. The van der Waals surface area contributed by atoms with Gasteiger partial charge in [0.1, 0.15) is 5.75 Å². The van der Waals surface area contributed by atoms with Gasteiger partial charge in [-0.2, -0.15) is 22.1 Å². The molecule has 0 radical (unpaired) electrons. The molecule has 1 saturated heterocycles. The lowest BCUT2D eigenvalue weighted by molar-refractivity contribution is 0.317. The highest BCUT2D eigenvalue weighted by Gasteiger charge is 2.34. The minimum absolute atomic E-state index is 0.0387. The third-order valence-electron chi connectivity index (χ3n) is 4.54. The largest absolute Gasteiger partial charge is 0.493 e. The summed E-state index contributed by atoms with van der Waals surface area (Å²) < 4.78 is 58.5. The molecular formula is C17H22F2N4O3S. The Balaban J connectivity index is 1.54. The van der Waals surface area contributed by atoms with E-state index in [-0.39, 0.29) is 18.3 Å². The van der Waals surface area contributed by atoms with Crippen LogP contribution in [0.2, 0.25) is 0 Å². The molecule has 0 bridgehead atoms. The van der Waals surface area contributed by atoms with E-state index in [1.165, 1.54) is 28.8 Å². The van der Waals surface area contributed by atoms with Gasteiger partial charge in [-0.3, -0.25) is 5.10 Å². The molecule has 0 saturated carbocycles. The second kappa shape index (κ2) is 7.91. The van der Waals surface area contributed by atoms with Crippen LogP contribution in [0.15, 0.2) is 24.3 Å². The van der Waals surface area contributed by atoms with Crippen molar-refractivity contribution in [1.82, 2.24) is 18.8 Å². The lowest BCUT2D eigenvalue weighted by Gasteiger charge is -2.20. The molecular weight excluding hydrogens is 378 g/mol. The number of nitrogens with zero attached hydrogens (tertiary/aromatic N) is 3. The van der Waals surface area contributed by atoms with Crippen molar-refractivity contribution in [1.29, 1.82) is 0 Å². The Hall–Kier alpha value is -2.04. The number of halogens is 2. The van der Waals surface area contributed by atoms with Crippen molar-refractivity contribution < 1.29 is 21.9 Å². The molecule has 0 amide bonds. The van der Waals surface area contributed by atoms with Crippen LogP contribution in [-0.4, -0.2) is 61.0 Å². The number of rotatable bonds is 7. The summed E-state index contributed by atoms with van der Waals surface area (Å²) in [6, 6.07) is 5.29. The average molecular weight is 400 g/mol. The van der Waals surface area contributed by atoms with Crippen LogP contribution in [0.5, 0.6) is 5.75 Å². The van der Waals surface area contributed by atoms with Gasteiger partial charge in [0.2, 0.25) is 0 Å². The third-order valence-corrected chi connectivity index (χ3v) is 6.45. The summed E-state index contributed by atoms with van der Waals surface area (Å²) in [6.07, 6.45) is 1.22. The zero-order chi connectivity index (χ0) is 19.6. The summed E-state index contributed by atoms with van der Waals surface area (Å²) in [5, 5.41) is 7.21. The molecule has 2 aromatic rings. The van der Waals surface area contributed by atoms with Crippen LogP contribution in [0.1, 0.15) is 23.7 Å². The highest BCUT2D eigenvalue weighted by Crippen LogP contribution is 2.28. The minimum atomic E-state index is -3.41. The van der Waals surface area contributed by atoms with Crippen molar-refractivity contribution in [2.24, 2.45) is 0 Å². The highest BCUT2D eigenvalue weighted by molar-refractivity contribution is 7.86. The Bertz CT molecular complexity index is 901. The third kappa shape index (κ3) is 4.45. The summed E-state index contributed by atoms with van der Waals surface area (Å²) in [4.78, 5) is 0. The van der Waals surface area contributed by atoms with E-state index in [0.717, 1.165) is 23.5 Å².